The van der Waals surface area contributed by atoms with Crippen LogP contribution in [0.15, 0.2) is 28.5 Å². The van der Waals surface area contributed by atoms with Gasteiger partial charge in [0, 0.05) is 12.7 Å². The second-order valence-corrected chi connectivity index (χ2v) is 5.68. The lowest BCUT2D eigenvalue weighted by Gasteiger charge is -2.10. The van der Waals surface area contributed by atoms with Crippen LogP contribution >= 0.6 is 23.4 Å². The minimum Gasteiger partial charge on any atom is -0.461 e. The van der Waals surface area contributed by atoms with Crippen LogP contribution in [0.3, 0.4) is 0 Å². The quantitative estimate of drug-likeness (QED) is 0.873. The van der Waals surface area contributed by atoms with Crippen molar-refractivity contribution < 1.29 is 4.74 Å². The third-order valence-corrected chi connectivity index (χ3v) is 3.48. The summed E-state index contributed by atoms with van der Waals surface area (Å²) in [5.74, 6) is 0.470. The summed E-state index contributed by atoms with van der Waals surface area (Å²) in [6.07, 6.45) is 1.66. The van der Waals surface area contributed by atoms with E-state index in [9.17, 15) is 0 Å². The topological polar surface area (TPSA) is 72.8 Å². The zero-order valence-electron chi connectivity index (χ0n) is 12.0. The first-order valence-electron chi connectivity index (χ1n) is 6.53. The minimum absolute atomic E-state index is 0.0156. The monoisotopic (exact) mass is 325 g/mol. The number of rotatable bonds is 6. The third kappa shape index (κ3) is 4.71. The molecule has 0 bridgehead atoms. The number of ether oxygens (including phenoxy) is 1. The molecule has 0 radical (unpaired) electrons. The molecule has 8 heteroatoms. The number of aromatic nitrogens is 4. The smallest absolute Gasteiger partial charge is 0.322 e. The molecule has 0 amide bonds. The van der Waals surface area contributed by atoms with Crippen molar-refractivity contribution in [2.24, 2.45) is 0 Å². The second kappa shape index (κ2) is 7.42. The Hall–Kier alpha value is -1.60. The number of hydrogen-bond acceptors (Lipinski definition) is 7. The van der Waals surface area contributed by atoms with Crippen molar-refractivity contribution in [3.05, 3.63) is 23.4 Å². The highest BCUT2D eigenvalue weighted by Gasteiger charge is 2.12. The average Bonchev–Trinajstić information content (AvgIpc) is 2.41. The normalized spacial score (nSPS) is 10.7. The first-order chi connectivity index (χ1) is 10.1. The molecule has 0 saturated carbocycles. The highest BCUT2D eigenvalue weighted by molar-refractivity contribution is 7.99. The number of anilines is 1. The molecule has 2 aromatic heterocycles. The molecular weight excluding hydrogens is 310 g/mol. The molecule has 0 saturated heterocycles. The molecule has 0 aliphatic heterocycles. The molecule has 21 heavy (non-hydrogen) atoms. The van der Waals surface area contributed by atoms with E-state index in [1.165, 1.54) is 11.8 Å². The van der Waals surface area contributed by atoms with Gasteiger partial charge in [-0.2, -0.15) is 15.0 Å². The molecule has 1 N–H and O–H groups in total. The maximum atomic E-state index is 6.10. The zero-order chi connectivity index (χ0) is 15.2. The molecule has 0 aromatic carbocycles. The first kappa shape index (κ1) is 15.8. The number of pyridine rings is 1. The van der Waals surface area contributed by atoms with E-state index in [1.54, 1.807) is 18.3 Å². The Bertz CT molecular complexity index is 611. The minimum atomic E-state index is -0.0156. The van der Waals surface area contributed by atoms with E-state index in [2.05, 4.69) is 25.3 Å². The lowest BCUT2D eigenvalue weighted by Crippen LogP contribution is -2.12. The lowest BCUT2D eigenvalue weighted by molar-refractivity contribution is 0.219. The van der Waals surface area contributed by atoms with Gasteiger partial charge in [-0.25, -0.2) is 4.98 Å². The molecular formula is C13H16ClN5OS. The highest BCUT2D eigenvalue weighted by Crippen LogP contribution is 2.30. The van der Waals surface area contributed by atoms with Crippen LogP contribution in [0, 0.1) is 0 Å². The molecule has 112 valence electrons. The molecule has 0 spiro atoms. The maximum Gasteiger partial charge on any atom is 0.322 e. The van der Waals surface area contributed by atoms with Gasteiger partial charge in [0.05, 0.1) is 11.1 Å². The van der Waals surface area contributed by atoms with E-state index in [0.29, 0.717) is 27.7 Å². The Labute approximate surface area is 132 Å². The Morgan fingerprint density at radius 2 is 2.14 bits per heavy atom. The largest absolute Gasteiger partial charge is 0.461 e. The van der Waals surface area contributed by atoms with Gasteiger partial charge in [0.25, 0.3) is 0 Å². The van der Waals surface area contributed by atoms with Crippen LogP contribution in [-0.2, 0) is 0 Å². The van der Waals surface area contributed by atoms with Crippen LogP contribution < -0.4 is 10.1 Å². The van der Waals surface area contributed by atoms with Crippen molar-refractivity contribution in [3.8, 4) is 6.01 Å². The maximum absolute atomic E-state index is 6.10. The summed E-state index contributed by atoms with van der Waals surface area (Å²) in [6, 6.07) is 3.83. The standard InChI is InChI=1S/C13H16ClN5OS/c1-4-15-11-17-12(20-8(2)3)19-13(18-11)21-10-9(14)6-5-7-16-10/h5-8H,4H2,1-3H3,(H,15,17,18,19). The molecule has 0 aliphatic carbocycles. The summed E-state index contributed by atoms with van der Waals surface area (Å²) in [6.45, 7) is 6.51. The lowest BCUT2D eigenvalue weighted by atomic mass is 10.5. The van der Waals surface area contributed by atoms with Crippen LogP contribution in [0.2, 0.25) is 5.02 Å². The average molecular weight is 326 g/mol. The van der Waals surface area contributed by atoms with Crippen LogP contribution in [-0.4, -0.2) is 32.6 Å². The van der Waals surface area contributed by atoms with E-state index in [1.807, 2.05) is 20.8 Å². The second-order valence-electron chi connectivity index (χ2n) is 4.31. The van der Waals surface area contributed by atoms with Gasteiger partial charge in [-0.1, -0.05) is 11.6 Å². The molecule has 0 unspecified atom stereocenters. The van der Waals surface area contributed by atoms with Gasteiger partial charge >= 0.3 is 6.01 Å². The summed E-state index contributed by atoms with van der Waals surface area (Å²) in [5, 5.41) is 4.73. The zero-order valence-corrected chi connectivity index (χ0v) is 13.6. The van der Waals surface area contributed by atoms with E-state index in [-0.39, 0.29) is 12.1 Å². The van der Waals surface area contributed by atoms with Crippen molar-refractivity contribution in [1.29, 1.82) is 0 Å². The molecule has 6 nitrogen and oxygen atoms in total. The fraction of sp³-hybridized carbons (Fsp3) is 0.385. The summed E-state index contributed by atoms with van der Waals surface area (Å²) in [4.78, 5) is 17.0. The predicted octanol–water partition coefficient (Wildman–Crippen LogP) is 3.29. The number of halogens is 1. The van der Waals surface area contributed by atoms with Gasteiger partial charge in [-0.15, -0.1) is 0 Å². The Balaban J connectivity index is 2.29. The summed E-state index contributed by atoms with van der Waals surface area (Å²) in [7, 11) is 0. The SMILES string of the molecule is CCNc1nc(OC(C)C)nc(Sc2ncccc2Cl)n1. The summed E-state index contributed by atoms with van der Waals surface area (Å²) in [5.41, 5.74) is 0. The first-order valence-corrected chi connectivity index (χ1v) is 7.73. The van der Waals surface area contributed by atoms with Crippen molar-refractivity contribution >= 4 is 29.3 Å². The number of nitrogens with one attached hydrogen (secondary N) is 1. The molecule has 2 rings (SSSR count). The van der Waals surface area contributed by atoms with Gasteiger partial charge in [-0.05, 0) is 44.7 Å². The Morgan fingerprint density at radius 3 is 2.81 bits per heavy atom. The summed E-state index contributed by atoms with van der Waals surface area (Å²) >= 11 is 7.37. The van der Waals surface area contributed by atoms with Crippen molar-refractivity contribution in [1.82, 2.24) is 19.9 Å². The van der Waals surface area contributed by atoms with E-state index in [0.717, 1.165) is 0 Å². The molecule has 0 fully saturated rings. The van der Waals surface area contributed by atoms with Gasteiger partial charge in [0.1, 0.15) is 5.03 Å². The van der Waals surface area contributed by atoms with Crippen LogP contribution in [0.25, 0.3) is 0 Å². The number of hydrogen-bond donors (Lipinski definition) is 1. The molecule has 2 aromatic rings. The van der Waals surface area contributed by atoms with Crippen LogP contribution in [0.5, 0.6) is 6.01 Å². The van der Waals surface area contributed by atoms with Crippen molar-refractivity contribution in [2.45, 2.75) is 37.1 Å². The van der Waals surface area contributed by atoms with Crippen molar-refractivity contribution in [3.63, 3.8) is 0 Å². The van der Waals surface area contributed by atoms with Gasteiger partial charge < -0.3 is 10.1 Å². The van der Waals surface area contributed by atoms with Gasteiger partial charge in [0.15, 0.2) is 0 Å². The number of nitrogens with zero attached hydrogens (tertiary/aromatic N) is 4. The Kier molecular flexibility index (Phi) is 5.58. The summed E-state index contributed by atoms with van der Waals surface area (Å²) < 4.78 is 5.54. The van der Waals surface area contributed by atoms with E-state index < -0.39 is 0 Å². The highest BCUT2D eigenvalue weighted by atomic mass is 35.5. The van der Waals surface area contributed by atoms with Crippen molar-refractivity contribution in [2.75, 3.05) is 11.9 Å². The molecule has 0 atom stereocenters. The van der Waals surface area contributed by atoms with E-state index >= 15 is 0 Å². The van der Waals surface area contributed by atoms with Crippen LogP contribution in [0.4, 0.5) is 5.95 Å². The Morgan fingerprint density at radius 1 is 1.33 bits per heavy atom. The van der Waals surface area contributed by atoms with E-state index in [4.69, 9.17) is 16.3 Å². The van der Waals surface area contributed by atoms with Gasteiger partial charge in [0.2, 0.25) is 11.1 Å². The van der Waals surface area contributed by atoms with Gasteiger partial charge in [-0.3, -0.25) is 0 Å². The fourth-order valence-electron chi connectivity index (χ4n) is 1.42. The third-order valence-electron chi connectivity index (χ3n) is 2.18. The molecule has 2 heterocycles. The fourth-order valence-corrected chi connectivity index (χ4v) is 2.36. The predicted molar refractivity (Wildman–Crippen MR) is 83.1 cm³/mol. The molecule has 0 aliphatic rings. The van der Waals surface area contributed by atoms with Crippen LogP contribution in [0.1, 0.15) is 20.8 Å².